The molecular weight excluding hydrogens is 266 g/mol. The smallest absolute Gasteiger partial charge is 0.237 e. The van der Waals surface area contributed by atoms with Gasteiger partial charge in [0.25, 0.3) is 0 Å². The molecule has 2 N–H and O–H groups in total. The van der Waals surface area contributed by atoms with Crippen molar-refractivity contribution in [3.63, 3.8) is 0 Å². The molecule has 3 aliphatic rings. The lowest BCUT2D eigenvalue weighted by atomic mass is 9.94. The number of likely N-dealkylation sites (tertiary alicyclic amines) is 1. The summed E-state index contributed by atoms with van der Waals surface area (Å²) in [5.74, 6) is 0.214. The third-order valence-corrected chi connectivity index (χ3v) is 5.67. The maximum Gasteiger partial charge on any atom is 0.237 e. The Morgan fingerprint density at radius 3 is 2.76 bits per heavy atom. The first kappa shape index (κ1) is 15.3. The summed E-state index contributed by atoms with van der Waals surface area (Å²) in [6.07, 6.45) is 5.50. The predicted octanol–water partition coefficient (Wildman–Crippen LogP) is 0.887. The fourth-order valence-electron chi connectivity index (χ4n) is 4.01. The molecule has 1 amide bonds. The summed E-state index contributed by atoms with van der Waals surface area (Å²) in [4.78, 5) is 15.2. The maximum absolute atomic E-state index is 12.8. The summed E-state index contributed by atoms with van der Waals surface area (Å²) >= 11 is 0. The SMILES string of the molecule is CC1OCCC1(C)NC(=O)C1CCCN1C1CCNCC1. The maximum atomic E-state index is 12.8. The van der Waals surface area contributed by atoms with E-state index in [9.17, 15) is 4.79 Å². The Hall–Kier alpha value is -0.650. The van der Waals surface area contributed by atoms with Crippen molar-refractivity contribution in [1.29, 1.82) is 0 Å². The lowest BCUT2D eigenvalue weighted by Gasteiger charge is -2.37. The highest BCUT2D eigenvalue weighted by Gasteiger charge is 2.42. The van der Waals surface area contributed by atoms with Gasteiger partial charge in [-0.05, 0) is 65.6 Å². The topological polar surface area (TPSA) is 53.6 Å². The highest BCUT2D eigenvalue weighted by Crippen LogP contribution is 2.28. The Kier molecular flexibility index (Phi) is 4.52. The minimum atomic E-state index is -0.195. The predicted molar refractivity (Wildman–Crippen MR) is 82.2 cm³/mol. The number of ether oxygens (including phenoxy) is 1. The summed E-state index contributed by atoms with van der Waals surface area (Å²) in [6, 6.07) is 0.646. The van der Waals surface area contributed by atoms with Gasteiger partial charge in [0.1, 0.15) is 0 Å². The molecule has 3 atom stereocenters. The number of carbonyl (C=O) groups is 1. The van der Waals surface area contributed by atoms with Crippen molar-refractivity contribution in [2.24, 2.45) is 0 Å². The van der Waals surface area contributed by atoms with E-state index >= 15 is 0 Å². The lowest BCUT2D eigenvalue weighted by molar-refractivity contribution is -0.128. The van der Waals surface area contributed by atoms with Gasteiger partial charge < -0.3 is 15.4 Å². The van der Waals surface area contributed by atoms with Gasteiger partial charge in [-0.2, -0.15) is 0 Å². The van der Waals surface area contributed by atoms with Gasteiger partial charge in [0.05, 0.1) is 17.7 Å². The largest absolute Gasteiger partial charge is 0.376 e. The second-order valence-corrected chi connectivity index (χ2v) is 7.05. The van der Waals surface area contributed by atoms with Crippen LogP contribution in [0.25, 0.3) is 0 Å². The van der Waals surface area contributed by atoms with Crippen molar-refractivity contribution in [1.82, 2.24) is 15.5 Å². The van der Waals surface area contributed by atoms with Gasteiger partial charge in [0.15, 0.2) is 0 Å². The minimum Gasteiger partial charge on any atom is -0.376 e. The number of nitrogens with zero attached hydrogens (tertiary/aromatic N) is 1. The number of carbonyl (C=O) groups excluding carboxylic acids is 1. The quantitative estimate of drug-likeness (QED) is 0.812. The first-order chi connectivity index (χ1) is 10.1. The molecule has 0 radical (unpaired) electrons. The van der Waals surface area contributed by atoms with Crippen LogP contribution in [-0.2, 0) is 9.53 Å². The van der Waals surface area contributed by atoms with E-state index in [1.54, 1.807) is 0 Å². The number of rotatable bonds is 3. The van der Waals surface area contributed by atoms with Crippen LogP contribution < -0.4 is 10.6 Å². The van der Waals surface area contributed by atoms with Crippen LogP contribution in [0.15, 0.2) is 0 Å². The fraction of sp³-hybridized carbons (Fsp3) is 0.938. The van der Waals surface area contributed by atoms with Crippen LogP contribution in [0.4, 0.5) is 0 Å². The molecule has 0 aliphatic carbocycles. The summed E-state index contributed by atoms with van der Waals surface area (Å²) in [7, 11) is 0. The molecule has 0 aromatic rings. The van der Waals surface area contributed by atoms with Gasteiger partial charge in [0.2, 0.25) is 5.91 Å². The van der Waals surface area contributed by atoms with Crippen molar-refractivity contribution in [3.8, 4) is 0 Å². The van der Waals surface area contributed by atoms with E-state index in [4.69, 9.17) is 4.74 Å². The first-order valence-corrected chi connectivity index (χ1v) is 8.50. The van der Waals surface area contributed by atoms with Gasteiger partial charge in [-0.1, -0.05) is 0 Å². The van der Waals surface area contributed by atoms with Crippen LogP contribution in [0.2, 0.25) is 0 Å². The third-order valence-electron chi connectivity index (χ3n) is 5.67. The Morgan fingerprint density at radius 2 is 2.10 bits per heavy atom. The van der Waals surface area contributed by atoms with Gasteiger partial charge in [-0.25, -0.2) is 0 Å². The van der Waals surface area contributed by atoms with Gasteiger partial charge in [-0.15, -0.1) is 0 Å². The molecular formula is C16H29N3O2. The highest BCUT2D eigenvalue weighted by molar-refractivity contribution is 5.83. The zero-order chi connectivity index (χ0) is 14.9. The molecule has 21 heavy (non-hydrogen) atoms. The molecule has 0 saturated carbocycles. The summed E-state index contributed by atoms with van der Waals surface area (Å²) in [6.45, 7) is 8.17. The molecule has 3 rings (SSSR count). The van der Waals surface area contributed by atoms with Crippen LogP contribution in [0.3, 0.4) is 0 Å². The van der Waals surface area contributed by atoms with E-state index in [0.29, 0.717) is 6.04 Å². The zero-order valence-corrected chi connectivity index (χ0v) is 13.4. The number of hydrogen-bond donors (Lipinski definition) is 2. The van der Waals surface area contributed by atoms with E-state index in [-0.39, 0.29) is 23.6 Å². The normalized spacial score (nSPS) is 38.8. The number of piperidine rings is 1. The van der Waals surface area contributed by atoms with E-state index in [1.165, 1.54) is 12.8 Å². The van der Waals surface area contributed by atoms with Crippen LogP contribution in [0, 0.1) is 0 Å². The molecule has 5 heteroatoms. The molecule has 120 valence electrons. The van der Waals surface area contributed by atoms with Crippen LogP contribution in [0.1, 0.15) is 46.0 Å². The molecule has 3 fully saturated rings. The van der Waals surface area contributed by atoms with E-state index in [1.807, 2.05) is 0 Å². The van der Waals surface area contributed by atoms with Crippen molar-refractivity contribution >= 4 is 5.91 Å². The number of hydrogen-bond acceptors (Lipinski definition) is 4. The average molecular weight is 295 g/mol. The Bertz CT molecular complexity index is 384. The molecule has 5 nitrogen and oxygen atoms in total. The fourth-order valence-corrected chi connectivity index (χ4v) is 4.01. The first-order valence-electron chi connectivity index (χ1n) is 8.50. The Balaban J connectivity index is 1.63. The lowest BCUT2D eigenvalue weighted by Crippen LogP contribution is -2.57. The Labute approximate surface area is 127 Å². The molecule has 0 bridgehead atoms. The monoisotopic (exact) mass is 295 g/mol. The highest BCUT2D eigenvalue weighted by atomic mass is 16.5. The van der Waals surface area contributed by atoms with Crippen molar-refractivity contribution in [2.75, 3.05) is 26.2 Å². The van der Waals surface area contributed by atoms with Crippen molar-refractivity contribution < 1.29 is 9.53 Å². The number of nitrogens with one attached hydrogen (secondary N) is 2. The van der Waals surface area contributed by atoms with Crippen LogP contribution >= 0.6 is 0 Å². The molecule has 3 unspecified atom stereocenters. The minimum absolute atomic E-state index is 0.0673. The molecule has 0 aromatic carbocycles. The van der Waals surface area contributed by atoms with Gasteiger partial charge in [0, 0.05) is 12.6 Å². The Morgan fingerprint density at radius 1 is 1.33 bits per heavy atom. The molecule has 0 aromatic heterocycles. The summed E-state index contributed by atoms with van der Waals surface area (Å²) in [5, 5.41) is 6.70. The molecule has 3 heterocycles. The summed E-state index contributed by atoms with van der Waals surface area (Å²) < 4.78 is 5.64. The van der Waals surface area contributed by atoms with Gasteiger partial charge >= 0.3 is 0 Å². The van der Waals surface area contributed by atoms with Crippen LogP contribution in [0.5, 0.6) is 0 Å². The standard InChI is InChI=1S/C16H29N3O2/c1-12-16(2,7-11-21-12)18-15(20)14-4-3-10-19(14)13-5-8-17-9-6-13/h12-14,17H,3-11H2,1-2H3,(H,18,20). The average Bonchev–Trinajstić information content (AvgIpc) is 3.08. The zero-order valence-electron chi connectivity index (χ0n) is 13.4. The summed E-state index contributed by atoms with van der Waals surface area (Å²) in [5.41, 5.74) is -0.195. The molecule has 3 saturated heterocycles. The van der Waals surface area contributed by atoms with Crippen molar-refractivity contribution in [2.45, 2.75) is 69.7 Å². The van der Waals surface area contributed by atoms with E-state index in [2.05, 4.69) is 29.4 Å². The molecule has 3 aliphatic heterocycles. The van der Waals surface area contributed by atoms with Crippen molar-refractivity contribution in [3.05, 3.63) is 0 Å². The van der Waals surface area contributed by atoms with Crippen LogP contribution in [-0.4, -0.2) is 60.8 Å². The number of amides is 1. The van der Waals surface area contributed by atoms with E-state index in [0.717, 1.165) is 45.5 Å². The van der Waals surface area contributed by atoms with E-state index < -0.39 is 0 Å². The van der Waals surface area contributed by atoms with Gasteiger partial charge in [-0.3, -0.25) is 9.69 Å². The third kappa shape index (κ3) is 3.10. The molecule has 0 spiro atoms. The second-order valence-electron chi connectivity index (χ2n) is 7.05. The second kappa shape index (κ2) is 6.23.